The van der Waals surface area contributed by atoms with Crippen molar-refractivity contribution in [3.8, 4) is 0 Å². The highest BCUT2D eigenvalue weighted by atomic mass is 35.5. The number of nitrogens with zero attached hydrogens (tertiary/aromatic N) is 1. The van der Waals surface area contributed by atoms with Crippen LogP contribution in [0.5, 0.6) is 0 Å². The number of halogens is 2. The van der Waals surface area contributed by atoms with Crippen molar-refractivity contribution in [1.29, 1.82) is 0 Å². The van der Waals surface area contributed by atoms with Crippen molar-refractivity contribution in [2.24, 2.45) is 0 Å². The van der Waals surface area contributed by atoms with E-state index in [1.807, 2.05) is 42.5 Å². The molecule has 0 aliphatic carbocycles. The van der Waals surface area contributed by atoms with Gasteiger partial charge in [-0.2, -0.15) is 0 Å². The molecule has 0 aliphatic heterocycles. The molecule has 21 heavy (non-hydrogen) atoms. The highest BCUT2D eigenvalue weighted by Crippen LogP contribution is 2.22. The summed E-state index contributed by atoms with van der Waals surface area (Å²) >= 11 is 11.6. The predicted octanol–water partition coefficient (Wildman–Crippen LogP) is 4.79. The summed E-state index contributed by atoms with van der Waals surface area (Å²) in [5.41, 5.74) is 1.07. The second-order valence-corrected chi connectivity index (χ2v) is 5.28. The fourth-order valence-corrected chi connectivity index (χ4v) is 2.29. The lowest BCUT2D eigenvalue weighted by Crippen LogP contribution is -2.12. The Kier molecular flexibility index (Phi) is 3.78. The highest BCUT2D eigenvalue weighted by Gasteiger charge is 2.09. The third-order valence-electron chi connectivity index (χ3n) is 3.07. The summed E-state index contributed by atoms with van der Waals surface area (Å²) in [5.74, 6) is -0.281. The summed E-state index contributed by atoms with van der Waals surface area (Å²) in [6.07, 6.45) is 1.39. The van der Waals surface area contributed by atoms with Gasteiger partial charge in [-0.1, -0.05) is 53.5 Å². The molecule has 0 saturated carbocycles. The van der Waals surface area contributed by atoms with Gasteiger partial charge in [-0.3, -0.25) is 4.79 Å². The van der Waals surface area contributed by atoms with Crippen LogP contribution in [0.15, 0.2) is 54.7 Å². The van der Waals surface area contributed by atoms with Gasteiger partial charge in [-0.25, -0.2) is 4.98 Å². The van der Waals surface area contributed by atoms with Gasteiger partial charge in [0, 0.05) is 11.9 Å². The third-order valence-corrected chi connectivity index (χ3v) is 3.75. The molecular formula is C16H10Cl2N2O. The first-order valence-corrected chi connectivity index (χ1v) is 7.00. The molecule has 3 rings (SSSR count). The van der Waals surface area contributed by atoms with Crippen LogP contribution in [0, 0.1) is 0 Å². The molecule has 1 aromatic heterocycles. The van der Waals surface area contributed by atoms with Crippen molar-refractivity contribution in [1.82, 2.24) is 4.98 Å². The van der Waals surface area contributed by atoms with Gasteiger partial charge in [0.25, 0.3) is 5.91 Å². The maximum Gasteiger partial charge on any atom is 0.257 e. The lowest BCUT2D eigenvalue weighted by Gasteiger charge is -2.07. The number of nitrogens with one attached hydrogen (secondary N) is 1. The van der Waals surface area contributed by atoms with Crippen LogP contribution in [-0.2, 0) is 0 Å². The van der Waals surface area contributed by atoms with E-state index in [4.69, 9.17) is 23.2 Å². The van der Waals surface area contributed by atoms with E-state index in [0.717, 1.165) is 10.8 Å². The van der Waals surface area contributed by atoms with E-state index in [-0.39, 0.29) is 16.1 Å². The number of amides is 1. The smallest absolute Gasteiger partial charge is 0.257 e. The van der Waals surface area contributed by atoms with Crippen molar-refractivity contribution in [2.75, 3.05) is 5.32 Å². The van der Waals surface area contributed by atoms with Gasteiger partial charge < -0.3 is 5.32 Å². The number of benzene rings is 2. The number of hydrogen-bond donors (Lipinski definition) is 1. The van der Waals surface area contributed by atoms with Crippen molar-refractivity contribution < 1.29 is 4.79 Å². The van der Waals surface area contributed by atoms with Gasteiger partial charge in [-0.15, -0.1) is 0 Å². The molecule has 2 aromatic carbocycles. The normalized spacial score (nSPS) is 10.6. The minimum Gasteiger partial charge on any atom is -0.322 e. The van der Waals surface area contributed by atoms with Gasteiger partial charge in [0.05, 0.1) is 10.6 Å². The molecule has 3 nitrogen and oxygen atoms in total. The zero-order valence-electron chi connectivity index (χ0n) is 10.8. The van der Waals surface area contributed by atoms with Crippen LogP contribution in [0.4, 0.5) is 5.69 Å². The molecule has 1 amide bonds. The second kappa shape index (κ2) is 5.72. The minimum atomic E-state index is -0.281. The number of fused-ring (bicyclic) bond motifs is 1. The molecule has 0 saturated heterocycles. The lowest BCUT2D eigenvalue weighted by atomic mass is 10.1. The van der Waals surface area contributed by atoms with E-state index in [1.165, 1.54) is 12.3 Å². The maximum atomic E-state index is 12.2. The summed E-state index contributed by atoms with van der Waals surface area (Å²) in [5, 5.41) is 5.42. The highest BCUT2D eigenvalue weighted by molar-refractivity contribution is 6.41. The summed E-state index contributed by atoms with van der Waals surface area (Å²) in [7, 11) is 0. The summed E-state index contributed by atoms with van der Waals surface area (Å²) in [6, 6.07) is 15.2. The molecule has 0 spiro atoms. The monoisotopic (exact) mass is 316 g/mol. The molecular weight excluding hydrogens is 307 g/mol. The zero-order chi connectivity index (χ0) is 14.8. The van der Waals surface area contributed by atoms with Crippen molar-refractivity contribution in [3.05, 3.63) is 70.5 Å². The summed E-state index contributed by atoms with van der Waals surface area (Å²) in [4.78, 5) is 16.0. The molecule has 1 heterocycles. The number of rotatable bonds is 2. The van der Waals surface area contributed by atoms with Crippen molar-refractivity contribution >= 4 is 45.6 Å². The molecule has 0 aliphatic rings. The van der Waals surface area contributed by atoms with Gasteiger partial charge in [0.2, 0.25) is 0 Å². The van der Waals surface area contributed by atoms with Crippen LogP contribution in [0.2, 0.25) is 10.2 Å². The maximum absolute atomic E-state index is 12.2. The average molecular weight is 317 g/mol. The molecule has 0 atom stereocenters. The van der Waals surface area contributed by atoms with Crippen LogP contribution in [0.25, 0.3) is 10.8 Å². The fraction of sp³-hybridized carbons (Fsp3) is 0. The van der Waals surface area contributed by atoms with Crippen LogP contribution in [-0.4, -0.2) is 10.9 Å². The van der Waals surface area contributed by atoms with Gasteiger partial charge >= 0.3 is 0 Å². The molecule has 0 fully saturated rings. The number of anilines is 1. The Morgan fingerprint density at radius 1 is 1.00 bits per heavy atom. The van der Waals surface area contributed by atoms with Crippen LogP contribution in [0.1, 0.15) is 10.4 Å². The standard InChI is InChI=1S/C16H10Cl2N2O/c17-14-8-12(9-19-15(14)18)16(21)20-13-6-5-10-3-1-2-4-11(10)7-13/h1-9H,(H,20,21). The number of pyridine rings is 1. The van der Waals surface area contributed by atoms with Gasteiger partial charge in [0.1, 0.15) is 5.15 Å². The molecule has 1 N–H and O–H groups in total. The first-order valence-electron chi connectivity index (χ1n) is 6.25. The minimum absolute atomic E-state index is 0.180. The predicted molar refractivity (Wildman–Crippen MR) is 86.2 cm³/mol. The Labute approximate surface area is 131 Å². The molecule has 0 bridgehead atoms. The van der Waals surface area contributed by atoms with E-state index >= 15 is 0 Å². The van der Waals surface area contributed by atoms with Crippen molar-refractivity contribution in [2.45, 2.75) is 0 Å². The quantitative estimate of drug-likeness (QED) is 0.690. The first-order chi connectivity index (χ1) is 10.1. The molecule has 0 radical (unpaired) electrons. The number of carbonyl (C=O) groups is 1. The SMILES string of the molecule is O=C(Nc1ccc2ccccc2c1)c1cnc(Cl)c(Cl)c1. The van der Waals surface area contributed by atoms with Crippen molar-refractivity contribution in [3.63, 3.8) is 0 Å². The molecule has 104 valence electrons. The van der Waals surface area contributed by atoms with Crippen LogP contribution < -0.4 is 5.32 Å². The fourth-order valence-electron chi connectivity index (χ4n) is 2.02. The lowest BCUT2D eigenvalue weighted by molar-refractivity contribution is 0.102. The molecule has 5 heteroatoms. The number of hydrogen-bond acceptors (Lipinski definition) is 2. The Hall–Kier alpha value is -2.10. The third kappa shape index (κ3) is 2.99. The Balaban J connectivity index is 1.87. The van der Waals surface area contributed by atoms with E-state index in [0.29, 0.717) is 11.3 Å². The average Bonchev–Trinajstić information content (AvgIpc) is 2.50. The Morgan fingerprint density at radius 3 is 2.52 bits per heavy atom. The number of aromatic nitrogens is 1. The van der Waals surface area contributed by atoms with E-state index in [9.17, 15) is 4.79 Å². The second-order valence-electron chi connectivity index (χ2n) is 4.51. The van der Waals surface area contributed by atoms with Crippen LogP contribution in [0.3, 0.4) is 0 Å². The molecule has 3 aromatic rings. The van der Waals surface area contributed by atoms with Gasteiger partial charge in [-0.05, 0) is 29.0 Å². The topological polar surface area (TPSA) is 42.0 Å². The van der Waals surface area contributed by atoms with Crippen LogP contribution >= 0.6 is 23.2 Å². The number of carbonyl (C=O) groups excluding carboxylic acids is 1. The molecule has 0 unspecified atom stereocenters. The Morgan fingerprint density at radius 2 is 1.76 bits per heavy atom. The first kappa shape index (κ1) is 13.9. The summed E-state index contributed by atoms with van der Waals surface area (Å²) in [6.45, 7) is 0. The van der Waals surface area contributed by atoms with E-state index in [1.54, 1.807) is 0 Å². The van der Waals surface area contributed by atoms with E-state index < -0.39 is 0 Å². The Bertz CT molecular complexity index is 833. The van der Waals surface area contributed by atoms with Gasteiger partial charge in [0.15, 0.2) is 0 Å². The van der Waals surface area contributed by atoms with E-state index in [2.05, 4.69) is 10.3 Å². The summed E-state index contributed by atoms with van der Waals surface area (Å²) < 4.78 is 0. The largest absolute Gasteiger partial charge is 0.322 e. The zero-order valence-corrected chi connectivity index (χ0v) is 12.3.